The van der Waals surface area contributed by atoms with E-state index in [0.717, 1.165) is 16.8 Å². The van der Waals surface area contributed by atoms with Crippen LogP contribution in [0.25, 0.3) is 33.8 Å². The van der Waals surface area contributed by atoms with Gasteiger partial charge in [-0.05, 0) is 29.7 Å². The molecule has 2 heteroatoms. The number of aryl methyl sites for hydroxylation is 1. The van der Waals surface area contributed by atoms with Gasteiger partial charge in [0.05, 0.1) is 11.2 Å². The number of fused-ring (bicyclic) bond motifs is 3. The van der Waals surface area contributed by atoms with Crippen LogP contribution in [0.1, 0.15) is 11.3 Å². The lowest BCUT2D eigenvalue weighted by Gasteiger charge is -2.06. The molecule has 4 aromatic rings. The van der Waals surface area contributed by atoms with Crippen molar-refractivity contribution in [2.45, 2.75) is 0 Å². The Kier molecular flexibility index (Phi) is 3.35. The first-order valence-corrected chi connectivity index (χ1v) is 7.72. The minimum absolute atomic E-state index is 1.01. The van der Waals surface area contributed by atoms with E-state index in [2.05, 4.69) is 66.9 Å². The zero-order chi connectivity index (χ0) is 15.6. The average molecular weight is 297 g/mol. The van der Waals surface area contributed by atoms with E-state index in [1.54, 1.807) is 0 Å². The molecule has 0 radical (unpaired) electrons. The van der Waals surface area contributed by atoms with Gasteiger partial charge in [-0.15, -0.1) is 0 Å². The van der Waals surface area contributed by atoms with E-state index in [0.29, 0.717) is 0 Å². The third kappa shape index (κ3) is 2.59. The summed E-state index contributed by atoms with van der Waals surface area (Å²) in [5.41, 5.74) is 3.20. The first kappa shape index (κ1) is 13.6. The molecule has 0 atom stereocenters. The lowest BCUT2D eigenvalue weighted by atomic mass is 10.0. The minimum atomic E-state index is 1.01. The summed E-state index contributed by atoms with van der Waals surface area (Å²) in [7, 11) is 2.03. The highest BCUT2D eigenvalue weighted by atomic mass is 14.9. The van der Waals surface area contributed by atoms with Gasteiger partial charge in [0, 0.05) is 22.4 Å². The van der Waals surface area contributed by atoms with E-state index in [4.69, 9.17) is 4.98 Å². The molecule has 0 fully saturated rings. The first-order valence-electron chi connectivity index (χ1n) is 7.72. The number of nitrogens with zero attached hydrogens (tertiary/aromatic N) is 2. The SMILES string of the molecule is C[n+]1cccc(/C=C\c2nc3ccccc3c3ccccc23)c1. The molecule has 0 unspecified atom stereocenters. The fourth-order valence-corrected chi connectivity index (χ4v) is 2.94. The zero-order valence-corrected chi connectivity index (χ0v) is 13.0. The zero-order valence-electron chi connectivity index (χ0n) is 13.0. The predicted octanol–water partition coefficient (Wildman–Crippen LogP) is 4.38. The lowest BCUT2D eigenvalue weighted by Crippen LogP contribution is -2.26. The molecule has 0 amide bonds. The minimum Gasteiger partial charge on any atom is -0.248 e. The van der Waals surface area contributed by atoms with E-state index in [9.17, 15) is 0 Å². The highest BCUT2D eigenvalue weighted by molar-refractivity contribution is 6.08. The second-order valence-corrected chi connectivity index (χ2v) is 5.70. The van der Waals surface area contributed by atoms with E-state index >= 15 is 0 Å². The summed E-state index contributed by atoms with van der Waals surface area (Å²) in [6.45, 7) is 0. The van der Waals surface area contributed by atoms with Crippen LogP contribution < -0.4 is 4.57 Å². The first-order chi connectivity index (χ1) is 11.3. The highest BCUT2D eigenvalue weighted by Crippen LogP contribution is 2.27. The van der Waals surface area contributed by atoms with E-state index in [-0.39, 0.29) is 0 Å². The van der Waals surface area contributed by atoms with Crippen molar-refractivity contribution in [1.29, 1.82) is 0 Å². The molecule has 2 nitrogen and oxygen atoms in total. The normalized spacial score (nSPS) is 11.5. The van der Waals surface area contributed by atoms with Crippen molar-refractivity contribution in [3.63, 3.8) is 0 Å². The van der Waals surface area contributed by atoms with Gasteiger partial charge in [0.2, 0.25) is 0 Å². The summed E-state index contributed by atoms with van der Waals surface area (Å²) in [5, 5.41) is 3.63. The Morgan fingerprint density at radius 1 is 0.783 bits per heavy atom. The Morgan fingerprint density at radius 3 is 2.35 bits per heavy atom. The fraction of sp³-hybridized carbons (Fsp3) is 0.0476. The maximum atomic E-state index is 4.85. The largest absolute Gasteiger partial charge is 0.248 e. The number of hydrogen-bond donors (Lipinski definition) is 0. The van der Waals surface area contributed by atoms with Crippen LogP contribution in [0.15, 0.2) is 73.1 Å². The highest BCUT2D eigenvalue weighted by Gasteiger charge is 2.05. The number of para-hydroxylation sites is 1. The van der Waals surface area contributed by atoms with E-state index in [1.165, 1.54) is 16.2 Å². The average Bonchev–Trinajstić information content (AvgIpc) is 2.60. The molecule has 23 heavy (non-hydrogen) atoms. The number of rotatable bonds is 2. The third-order valence-corrected chi connectivity index (χ3v) is 4.03. The van der Waals surface area contributed by atoms with Crippen molar-refractivity contribution < 1.29 is 4.57 Å². The molecule has 0 saturated heterocycles. The van der Waals surface area contributed by atoms with Crippen molar-refractivity contribution in [3.8, 4) is 0 Å². The molecular weight excluding hydrogens is 280 g/mol. The van der Waals surface area contributed by atoms with Crippen molar-refractivity contribution in [2.24, 2.45) is 7.05 Å². The Balaban J connectivity index is 1.91. The number of pyridine rings is 2. The summed E-state index contributed by atoms with van der Waals surface area (Å²) in [6, 6.07) is 20.9. The summed E-state index contributed by atoms with van der Waals surface area (Å²) in [4.78, 5) is 4.85. The Bertz CT molecular complexity index is 1030. The predicted molar refractivity (Wildman–Crippen MR) is 95.8 cm³/mol. The molecule has 0 saturated carbocycles. The van der Waals surface area contributed by atoms with Gasteiger partial charge in [0.1, 0.15) is 7.05 Å². The van der Waals surface area contributed by atoms with Gasteiger partial charge in [0.25, 0.3) is 0 Å². The van der Waals surface area contributed by atoms with Crippen LogP contribution in [0.5, 0.6) is 0 Å². The molecule has 4 rings (SSSR count). The van der Waals surface area contributed by atoms with Crippen LogP contribution in [0.4, 0.5) is 0 Å². The number of hydrogen-bond acceptors (Lipinski definition) is 1. The summed E-state index contributed by atoms with van der Waals surface area (Å²) >= 11 is 0. The molecule has 110 valence electrons. The molecule has 2 aromatic heterocycles. The van der Waals surface area contributed by atoms with Gasteiger partial charge in [-0.1, -0.05) is 42.5 Å². The maximum absolute atomic E-state index is 4.85. The quantitative estimate of drug-likeness (QED) is 0.396. The summed E-state index contributed by atoms with van der Waals surface area (Å²) in [5.74, 6) is 0. The van der Waals surface area contributed by atoms with Crippen molar-refractivity contribution in [2.75, 3.05) is 0 Å². The Labute approximate surface area is 135 Å². The topological polar surface area (TPSA) is 16.8 Å². The second kappa shape index (κ2) is 5.65. The summed E-state index contributed by atoms with van der Waals surface area (Å²) in [6.07, 6.45) is 8.34. The van der Waals surface area contributed by atoms with Gasteiger partial charge < -0.3 is 0 Å². The van der Waals surface area contributed by atoms with Gasteiger partial charge in [-0.3, -0.25) is 0 Å². The van der Waals surface area contributed by atoms with Gasteiger partial charge in [0.15, 0.2) is 12.4 Å². The Morgan fingerprint density at radius 2 is 1.52 bits per heavy atom. The van der Waals surface area contributed by atoms with Crippen molar-refractivity contribution in [1.82, 2.24) is 4.98 Å². The molecule has 0 bridgehead atoms. The lowest BCUT2D eigenvalue weighted by molar-refractivity contribution is -0.671. The molecule has 0 aliphatic rings. The van der Waals surface area contributed by atoms with Crippen molar-refractivity contribution in [3.05, 3.63) is 84.3 Å². The second-order valence-electron chi connectivity index (χ2n) is 5.70. The van der Waals surface area contributed by atoms with Gasteiger partial charge >= 0.3 is 0 Å². The van der Waals surface area contributed by atoms with E-state index < -0.39 is 0 Å². The van der Waals surface area contributed by atoms with Crippen LogP contribution in [-0.4, -0.2) is 4.98 Å². The molecule has 0 N–H and O–H groups in total. The van der Waals surface area contributed by atoms with Crippen LogP contribution in [0.2, 0.25) is 0 Å². The fourth-order valence-electron chi connectivity index (χ4n) is 2.94. The number of benzene rings is 2. The van der Waals surface area contributed by atoms with Gasteiger partial charge in [-0.2, -0.15) is 0 Å². The smallest absolute Gasteiger partial charge is 0.175 e. The van der Waals surface area contributed by atoms with Crippen LogP contribution >= 0.6 is 0 Å². The van der Waals surface area contributed by atoms with Crippen LogP contribution in [0, 0.1) is 0 Å². The molecule has 2 heterocycles. The molecular formula is C21H17N2+. The molecule has 0 aliphatic heterocycles. The monoisotopic (exact) mass is 297 g/mol. The molecule has 2 aromatic carbocycles. The Hall–Kier alpha value is -3.00. The third-order valence-electron chi connectivity index (χ3n) is 4.03. The van der Waals surface area contributed by atoms with Gasteiger partial charge in [-0.25, -0.2) is 9.55 Å². The van der Waals surface area contributed by atoms with Crippen LogP contribution in [-0.2, 0) is 7.05 Å². The standard InChI is InChI=1S/C21H17N2/c1-23-14-6-7-16(15-23)12-13-21-19-9-3-2-8-17(19)18-10-4-5-11-20(18)22-21/h2-15H,1H3/q+1/b13-12-. The molecule has 0 aliphatic carbocycles. The number of aromatic nitrogens is 2. The maximum Gasteiger partial charge on any atom is 0.175 e. The summed E-state index contributed by atoms with van der Waals surface area (Å²) < 4.78 is 2.05. The van der Waals surface area contributed by atoms with Crippen molar-refractivity contribution >= 4 is 33.8 Å². The molecule has 0 spiro atoms. The van der Waals surface area contributed by atoms with E-state index in [1.807, 2.05) is 29.9 Å². The van der Waals surface area contributed by atoms with Crippen LogP contribution in [0.3, 0.4) is 0 Å².